The molecule has 0 spiro atoms. The molecule has 206 valence electrons. The molecule has 0 fully saturated rings. The zero-order valence-electron chi connectivity index (χ0n) is 23.6. The van der Waals surface area contributed by atoms with Gasteiger partial charge >= 0.3 is 12.3 Å². The van der Waals surface area contributed by atoms with Crippen LogP contribution in [0.4, 0.5) is 9.59 Å². The molecule has 2 rings (SSSR count). The first-order valence-electron chi connectivity index (χ1n) is 13.6. The maximum absolute atomic E-state index is 12.6. The number of unbranched alkanes of at least 4 members (excludes halogenated alkanes) is 2. The summed E-state index contributed by atoms with van der Waals surface area (Å²) in [5.74, 6) is 1.30. The molecule has 0 aliphatic rings. The molecular formula is C30H44O7. The van der Waals surface area contributed by atoms with E-state index in [1.54, 1.807) is 6.07 Å². The Morgan fingerprint density at radius 3 is 1.92 bits per heavy atom. The molecule has 0 amide bonds. The van der Waals surface area contributed by atoms with Crippen LogP contribution in [0.3, 0.4) is 0 Å². The highest BCUT2D eigenvalue weighted by Gasteiger charge is 2.23. The second kappa shape index (κ2) is 15.3. The van der Waals surface area contributed by atoms with Crippen LogP contribution < -0.4 is 14.2 Å². The minimum atomic E-state index is -0.794. The van der Waals surface area contributed by atoms with Crippen molar-refractivity contribution in [3.8, 4) is 17.2 Å². The van der Waals surface area contributed by atoms with Crippen molar-refractivity contribution >= 4 is 23.1 Å². The molecule has 0 aliphatic carbocycles. The van der Waals surface area contributed by atoms with Crippen LogP contribution in [0.5, 0.6) is 17.2 Å². The third-order valence-corrected chi connectivity index (χ3v) is 6.46. The predicted molar refractivity (Wildman–Crippen MR) is 146 cm³/mol. The molecule has 0 heterocycles. The Morgan fingerprint density at radius 2 is 1.38 bits per heavy atom. The summed E-state index contributed by atoms with van der Waals surface area (Å²) in [6.07, 6.45) is 4.76. The highest BCUT2D eigenvalue weighted by Crippen LogP contribution is 2.44. The van der Waals surface area contributed by atoms with Gasteiger partial charge in [-0.25, -0.2) is 9.59 Å². The molecule has 0 bridgehead atoms. The standard InChI is InChI=1S/C30H44O7/c1-8-11-13-20(4)18-34-29(31)36-25-17-26(33-10-3)28(24-16-15-22(6)23(7)27(24)25)37-30(32)35-19-21(5)14-12-9-2/h15-17,20-21H,8-14,18-19H2,1-7H3. The van der Waals surface area contributed by atoms with Crippen LogP contribution in [0, 0.1) is 25.7 Å². The summed E-state index contributed by atoms with van der Waals surface area (Å²) in [6, 6.07) is 5.33. The molecule has 2 aromatic carbocycles. The molecule has 0 aliphatic heterocycles. The van der Waals surface area contributed by atoms with Crippen molar-refractivity contribution in [3.05, 3.63) is 29.3 Å². The summed E-state index contributed by atoms with van der Waals surface area (Å²) in [7, 11) is 0. The Labute approximate surface area is 221 Å². The molecule has 0 N–H and O–H groups in total. The van der Waals surface area contributed by atoms with Crippen LogP contribution in [0.25, 0.3) is 10.8 Å². The van der Waals surface area contributed by atoms with Crippen LogP contribution in [0.2, 0.25) is 0 Å². The molecule has 0 saturated heterocycles. The molecule has 7 heteroatoms. The molecule has 2 aromatic rings. The van der Waals surface area contributed by atoms with Gasteiger partial charge in [-0.05, 0) is 56.6 Å². The average Bonchev–Trinajstić information content (AvgIpc) is 2.87. The Balaban J connectivity index is 2.33. The van der Waals surface area contributed by atoms with Gasteiger partial charge in [0.2, 0.25) is 0 Å². The van der Waals surface area contributed by atoms with Gasteiger partial charge in [-0.3, -0.25) is 0 Å². The summed E-state index contributed by atoms with van der Waals surface area (Å²) in [5, 5.41) is 1.24. The number of benzene rings is 2. The molecule has 2 unspecified atom stereocenters. The fourth-order valence-corrected chi connectivity index (χ4v) is 4.09. The number of fused-ring (bicyclic) bond motifs is 1. The molecule has 0 radical (unpaired) electrons. The predicted octanol–water partition coefficient (Wildman–Crippen LogP) is 8.54. The van der Waals surface area contributed by atoms with Crippen LogP contribution in [0.15, 0.2) is 18.2 Å². The van der Waals surface area contributed by atoms with Gasteiger partial charge in [-0.2, -0.15) is 0 Å². The van der Waals surface area contributed by atoms with Crippen molar-refractivity contribution in [2.75, 3.05) is 19.8 Å². The van der Waals surface area contributed by atoms with E-state index in [9.17, 15) is 9.59 Å². The number of carbonyl (C=O) groups is 2. The molecule has 2 atom stereocenters. The van der Waals surface area contributed by atoms with E-state index in [0.29, 0.717) is 23.1 Å². The second-order valence-corrected chi connectivity index (χ2v) is 9.89. The topological polar surface area (TPSA) is 80.3 Å². The van der Waals surface area contributed by atoms with Crippen molar-refractivity contribution < 1.29 is 33.3 Å². The minimum absolute atomic E-state index is 0.236. The lowest BCUT2D eigenvalue weighted by atomic mass is 9.99. The fraction of sp³-hybridized carbons (Fsp3) is 0.600. The first-order valence-corrected chi connectivity index (χ1v) is 13.6. The monoisotopic (exact) mass is 516 g/mol. The third kappa shape index (κ3) is 9.13. The lowest BCUT2D eigenvalue weighted by Gasteiger charge is -2.19. The number of hydrogen-bond acceptors (Lipinski definition) is 7. The van der Waals surface area contributed by atoms with E-state index in [-0.39, 0.29) is 36.5 Å². The Bertz CT molecular complexity index is 1030. The van der Waals surface area contributed by atoms with Crippen molar-refractivity contribution in [2.45, 2.75) is 87.0 Å². The van der Waals surface area contributed by atoms with Crippen LogP contribution in [-0.2, 0) is 9.47 Å². The van der Waals surface area contributed by atoms with Crippen LogP contribution in [0.1, 0.15) is 84.3 Å². The lowest BCUT2D eigenvalue weighted by Crippen LogP contribution is -2.17. The largest absolute Gasteiger partial charge is 0.514 e. The number of carbonyl (C=O) groups excluding carboxylic acids is 2. The van der Waals surface area contributed by atoms with E-state index < -0.39 is 12.3 Å². The number of rotatable bonds is 14. The second-order valence-electron chi connectivity index (χ2n) is 9.89. The number of ether oxygens (including phenoxy) is 5. The molecular weight excluding hydrogens is 472 g/mol. The highest BCUT2D eigenvalue weighted by atomic mass is 16.7. The normalized spacial score (nSPS) is 12.6. The molecule has 7 nitrogen and oxygen atoms in total. The van der Waals surface area contributed by atoms with Gasteiger partial charge in [0, 0.05) is 16.8 Å². The van der Waals surface area contributed by atoms with Crippen LogP contribution in [-0.4, -0.2) is 32.1 Å². The fourth-order valence-electron chi connectivity index (χ4n) is 4.09. The zero-order valence-corrected chi connectivity index (χ0v) is 23.6. The van der Waals surface area contributed by atoms with Crippen molar-refractivity contribution in [2.24, 2.45) is 11.8 Å². The summed E-state index contributed by atoms with van der Waals surface area (Å²) >= 11 is 0. The lowest BCUT2D eigenvalue weighted by molar-refractivity contribution is 0.0824. The maximum Gasteiger partial charge on any atom is 0.514 e. The van der Waals surface area contributed by atoms with E-state index in [2.05, 4.69) is 20.8 Å². The number of hydrogen-bond donors (Lipinski definition) is 0. The third-order valence-electron chi connectivity index (χ3n) is 6.46. The zero-order chi connectivity index (χ0) is 27.4. The highest BCUT2D eigenvalue weighted by molar-refractivity contribution is 6.00. The van der Waals surface area contributed by atoms with E-state index >= 15 is 0 Å². The molecule has 0 saturated carbocycles. The summed E-state index contributed by atoms with van der Waals surface area (Å²) in [6.45, 7) is 15.0. The first-order chi connectivity index (χ1) is 17.7. The Morgan fingerprint density at radius 1 is 0.811 bits per heavy atom. The van der Waals surface area contributed by atoms with E-state index in [1.807, 2.05) is 39.8 Å². The quantitative estimate of drug-likeness (QED) is 0.184. The van der Waals surface area contributed by atoms with Gasteiger partial charge in [0.05, 0.1) is 19.8 Å². The average molecular weight is 517 g/mol. The Hall–Kier alpha value is -2.96. The van der Waals surface area contributed by atoms with Crippen molar-refractivity contribution in [1.29, 1.82) is 0 Å². The van der Waals surface area contributed by atoms with Gasteiger partial charge < -0.3 is 23.7 Å². The van der Waals surface area contributed by atoms with E-state index in [0.717, 1.165) is 49.7 Å². The first kappa shape index (κ1) is 30.3. The smallest absolute Gasteiger partial charge is 0.490 e. The van der Waals surface area contributed by atoms with E-state index in [4.69, 9.17) is 23.7 Å². The van der Waals surface area contributed by atoms with Crippen molar-refractivity contribution in [3.63, 3.8) is 0 Å². The summed E-state index contributed by atoms with van der Waals surface area (Å²) < 4.78 is 27.9. The number of aryl methyl sites for hydroxylation is 2. The van der Waals surface area contributed by atoms with Crippen LogP contribution >= 0.6 is 0 Å². The maximum atomic E-state index is 12.6. The SMILES string of the molecule is CCCCC(C)COC(=O)Oc1c(OCC)cc(OC(=O)OCC(C)CCCC)c2c(C)c(C)ccc12. The van der Waals surface area contributed by atoms with Gasteiger partial charge in [0.25, 0.3) is 0 Å². The minimum Gasteiger partial charge on any atom is -0.490 e. The molecule has 37 heavy (non-hydrogen) atoms. The summed E-state index contributed by atoms with van der Waals surface area (Å²) in [4.78, 5) is 25.2. The summed E-state index contributed by atoms with van der Waals surface area (Å²) in [5.41, 5.74) is 1.90. The van der Waals surface area contributed by atoms with Gasteiger partial charge in [-0.15, -0.1) is 0 Å². The van der Waals surface area contributed by atoms with Gasteiger partial charge in [0.15, 0.2) is 11.5 Å². The van der Waals surface area contributed by atoms with E-state index in [1.165, 1.54) is 0 Å². The van der Waals surface area contributed by atoms with Gasteiger partial charge in [0.1, 0.15) is 5.75 Å². The van der Waals surface area contributed by atoms with Crippen molar-refractivity contribution in [1.82, 2.24) is 0 Å². The molecule has 0 aromatic heterocycles. The van der Waals surface area contributed by atoms with Gasteiger partial charge in [-0.1, -0.05) is 65.5 Å². The Kier molecular flexibility index (Phi) is 12.5.